The monoisotopic (exact) mass is 240 g/mol. The Morgan fingerprint density at radius 3 is 2.59 bits per heavy atom. The SMILES string of the molecule is CCCCC(CC)CN1CCC(N)C(C)(C)C1. The molecular weight excluding hydrogens is 208 g/mol. The molecule has 0 aromatic carbocycles. The molecule has 0 spiro atoms. The molecule has 1 heterocycles. The summed E-state index contributed by atoms with van der Waals surface area (Å²) in [5, 5.41) is 0. The van der Waals surface area contributed by atoms with Gasteiger partial charge in [-0.05, 0) is 30.7 Å². The fraction of sp³-hybridized carbons (Fsp3) is 1.00. The lowest BCUT2D eigenvalue weighted by Gasteiger charge is -2.43. The lowest BCUT2D eigenvalue weighted by molar-refractivity contribution is 0.0798. The molecule has 0 amide bonds. The summed E-state index contributed by atoms with van der Waals surface area (Å²) >= 11 is 0. The third kappa shape index (κ3) is 4.59. The highest BCUT2D eigenvalue weighted by Gasteiger charge is 2.33. The first-order chi connectivity index (χ1) is 7.99. The van der Waals surface area contributed by atoms with Crippen LogP contribution in [-0.2, 0) is 0 Å². The van der Waals surface area contributed by atoms with Crippen LogP contribution in [0.5, 0.6) is 0 Å². The summed E-state index contributed by atoms with van der Waals surface area (Å²) in [6.45, 7) is 12.9. The van der Waals surface area contributed by atoms with Crippen LogP contribution in [-0.4, -0.2) is 30.6 Å². The van der Waals surface area contributed by atoms with E-state index in [0.29, 0.717) is 11.5 Å². The number of hydrogen-bond acceptors (Lipinski definition) is 2. The van der Waals surface area contributed by atoms with Crippen molar-refractivity contribution in [3.63, 3.8) is 0 Å². The van der Waals surface area contributed by atoms with E-state index in [1.54, 1.807) is 0 Å². The summed E-state index contributed by atoms with van der Waals surface area (Å²) in [5.74, 6) is 0.889. The Kier molecular flexibility index (Phi) is 5.94. The van der Waals surface area contributed by atoms with Crippen LogP contribution in [0.3, 0.4) is 0 Å². The van der Waals surface area contributed by atoms with Gasteiger partial charge in [-0.2, -0.15) is 0 Å². The summed E-state index contributed by atoms with van der Waals surface area (Å²) in [5.41, 5.74) is 6.48. The summed E-state index contributed by atoms with van der Waals surface area (Å²) < 4.78 is 0. The first-order valence-electron chi connectivity index (χ1n) is 7.47. The Hall–Kier alpha value is -0.0800. The Morgan fingerprint density at radius 2 is 2.06 bits per heavy atom. The van der Waals surface area contributed by atoms with Gasteiger partial charge in [-0.1, -0.05) is 47.0 Å². The molecule has 0 aromatic rings. The Balaban J connectivity index is 2.40. The van der Waals surface area contributed by atoms with Gasteiger partial charge in [0.1, 0.15) is 0 Å². The highest BCUT2D eigenvalue weighted by Crippen LogP contribution is 2.28. The predicted molar refractivity (Wildman–Crippen MR) is 76.1 cm³/mol. The van der Waals surface area contributed by atoms with E-state index in [-0.39, 0.29) is 0 Å². The second-order valence-corrected chi connectivity index (χ2v) is 6.54. The van der Waals surface area contributed by atoms with Crippen molar-refractivity contribution in [1.29, 1.82) is 0 Å². The molecule has 1 aliphatic heterocycles. The average molecular weight is 240 g/mol. The largest absolute Gasteiger partial charge is 0.327 e. The van der Waals surface area contributed by atoms with Crippen molar-refractivity contribution in [1.82, 2.24) is 4.90 Å². The quantitative estimate of drug-likeness (QED) is 0.772. The zero-order valence-electron chi connectivity index (χ0n) is 12.3. The van der Waals surface area contributed by atoms with Crippen molar-refractivity contribution in [3.8, 4) is 0 Å². The second-order valence-electron chi connectivity index (χ2n) is 6.54. The summed E-state index contributed by atoms with van der Waals surface area (Å²) in [4.78, 5) is 2.65. The number of unbranched alkanes of at least 4 members (excludes halogenated alkanes) is 1. The molecule has 0 bridgehead atoms. The maximum Gasteiger partial charge on any atom is 0.0115 e. The van der Waals surface area contributed by atoms with E-state index in [1.165, 1.54) is 45.3 Å². The fourth-order valence-corrected chi connectivity index (χ4v) is 2.92. The lowest BCUT2D eigenvalue weighted by Crippen LogP contribution is -2.53. The van der Waals surface area contributed by atoms with Crippen molar-refractivity contribution >= 4 is 0 Å². The van der Waals surface area contributed by atoms with Gasteiger partial charge in [0.15, 0.2) is 0 Å². The van der Waals surface area contributed by atoms with Crippen molar-refractivity contribution in [2.24, 2.45) is 17.1 Å². The third-order valence-corrected chi connectivity index (χ3v) is 4.45. The molecule has 1 rings (SSSR count). The number of rotatable bonds is 6. The highest BCUT2D eigenvalue weighted by molar-refractivity contribution is 4.90. The smallest absolute Gasteiger partial charge is 0.0115 e. The number of nitrogens with two attached hydrogens (primary N) is 1. The minimum absolute atomic E-state index is 0.293. The van der Waals surface area contributed by atoms with Crippen LogP contribution in [0.2, 0.25) is 0 Å². The molecule has 0 saturated carbocycles. The van der Waals surface area contributed by atoms with E-state index >= 15 is 0 Å². The number of likely N-dealkylation sites (tertiary alicyclic amines) is 1. The van der Waals surface area contributed by atoms with Crippen molar-refractivity contribution in [2.75, 3.05) is 19.6 Å². The van der Waals surface area contributed by atoms with E-state index in [2.05, 4.69) is 32.6 Å². The molecule has 0 aromatic heterocycles. The van der Waals surface area contributed by atoms with Gasteiger partial charge >= 0.3 is 0 Å². The van der Waals surface area contributed by atoms with Gasteiger partial charge in [-0.15, -0.1) is 0 Å². The first-order valence-corrected chi connectivity index (χ1v) is 7.47. The minimum atomic E-state index is 0.293. The van der Waals surface area contributed by atoms with Gasteiger partial charge in [-0.3, -0.25) is 0 Å². The normalized spacial score (nSPS) is 27.0. The van der Waals surface area contributed by atoms with Gasteiger partial charge in [0, 0.05) is 19.1 Å². The van der Waals surface area contributed by atoms with E-state index in [1.807, 2.05) is 0 Å². The average Bonchev–Trinajstić information content (AvgIpc) is 2.28. The van der Waals surface area contributed by atoms with Crippen LogP contribution in [0.1, 0.15) is 59.8 Å². The van der Waals surface area contributed by atoms with Crippen LogP contribution in [0.4, 0.5) is 0 Å². The van der Waals surface area contributed by atoms with Crippen LogP contribution < -0.4 is 5.73 Å². The van der Waals surface area contributed by atoms with Gasteiger partial charge < -0.3 is 10.6 Å². The summed E-state index contributed by atoms with van der Waals surface area (Å²) in [6, 6.07) is 0.384. The van der Waals surface area contributed by atoms with Gasteiger partial charge in [0.2, 0.25) is 0 Å². The van der Waals surface area contributed by atoms with Crippen molar-refractivity contribution in [2.45, 2.75) is 65.8 Å². The summed E-state index contributed by atoms with van der Waals surface area (Å²) in [7, 11) is 0. The molecule has 2 heteroatoms. The number of piperidine rings is 1. The predicted octanol–water partition coefficient (Wildman–Crippen LogP) is 3.26. The standard InChI is InChI=1S/C15H32N2/c1-5-7-8-13(6-2)11-17-10-9-14(16)15(3,4)12-17/h13-14H,5-12,16H2,1-4H3. The highest BCUT2D eigenvalue weighted by atomic mass is 15.1. The van der Waals surface area contributed by atoms with Gasteiger partial charge in [0.05, 0.1) is 0 Å². The Labute approximate surface area is 108 Å². The van der Waals surface area contributed by atoms with Crippen LogP contribution >= 0.6 is 0 Å². The zero-order chi connectivity index (χ0) is 12.9. The molecule has 17 heavy (non-hydrogen) atoms. The molecule has 1 aliphatic rings. The lowest BCUT2D eigenvalue weighted by atomic mass is 9.79. The topological polar surface area (TPSA) is 29.3 Å². The van der Waals surface area contributed by atoms with Crippen LogP contribution in [0.25, 0.3) is 0 Å². The number of nitrogens with zero attached hydrogens (tertiary/aromatic N) is 1. The fourth-order valence-electron chi connectivity index (χ4n) is 2.92. The third-order valence-electron chi connectivity index (χ3n) is 4.45. The molecule has 1 fully saturated rings. The van der Waals surface area contributed by atoms with Gasteiger partial charge in [-0.25, -0.2) is 0 Å². The first kappa shape index (κ1) is 15.0. The van der Waals surface area contributed by atoms with Gasteiger partial charge in [0.25, 0.3) is 0 Å². The molecule has 1 saturated heterocycles. The van der Waals surface area contributed by atoms with E-state index in [9.17, 15) is 0 Å². The number of hydrogen-bond donors (Lipinski definition) is 1. The Morgan fingerprint density at radius 1 is 1.35 bits per heavy atom. The molecule has 2 atom stereocenters. The Bertz CT molecular complexity index is 213. The maximum absolute atomic E-state index is 6.19. The van der Waals surface area contributed by atoms with Crippen LogP contribution in [0.15, 0.2) is 0 Å². The summed E-state index contributed by atoms with van der Waals surface area (Å²) in [6.07, 6.45) is 6.60. The molecule has 0 radical (unpaired) electrons. The van der Waals surface area contributed by atoms with E-state index in [4.69, 9.17) is 5.73 Å². The van der Waals surface area contributed by atoms with Crippen molar-refractivity contribution < 1.29 is 0 Å². The zero-order valence-corrected chi connectivity index (χ0v) is 12.3. The molecule has 102 valence electrons. The molecule has 2 nitrogen and oxygen atoms in total. The minimum Gasteiger partial charge on any atom is -0.327 e. The molecule has 2 unspecified atom stereocenters. The second kappa shape index (κ2) is 6.75. The van der Waals surface area contributed by atoms with E-state index in [0.717, 1.165) is 12.3 Å². The van der Waals surface area contributed by atoms with Crippen LogP contribution in [0, 0.1) is 11.3 Å². The molecule has 2 N–H and O–H groups in total. The molecule has 0 aliphatic carbocycles. The van der Waals surface area contributed by atoms with E-state index < -0.39 is 0 Å². The van der Waals surface area contributed by atoms with Crippen molar-refractivity contribution in [3.05, 3.63) is 0 Å². The maximum atomic E-state index is 6.19. The molecular formula is C15H32N2.